The van der Waals surface area contributed by atoms with Gasteiger partial charge in [-0.05, 0) is 9.56 Å². The molecule has 0 unspecified atom stereocenters. The molecule has 1 saturated heterocycles. The third kappa shape index (κ3) is 2.40. The predicted octanol–water partition coefficient (Wildman–Crippen LogP) is 3.72. The summed E-state index contributed by atoms with van der Waals surface area (Å²) < 4.78 is 60.0. The number of hydrazine groups is 2. The molecule has 11 nitrogen and oxygen atoms in total. The predicted molar refractivity (Wildman–Crippen MR) is 59.9 cm³/mol. The van der Waals surface area contributed by atoms with Gasteiger partial charge in [-0.15, -0.1) is 30.3 Å². The molecule has 0 N–H and O–H groups in total. The number of halogens is 4. The molecule has 0 aromatic carbocycles. The topological polar surface area (TPSA) is 130 Å². The summed E-state index contributed by atoms with van der Waals surface area (Å²) in [6.45, 7) is -1.43. The maximum atomic E-state index is 13.3. The molecule has 2 aliphatic heterocycles. The minimum atomic E-state index is -5.91. The van der Waals surface area contributed by atoms with E-state index >= 15 is 0 Å². The van der Waals surface area contributed by atoms with Gasteiger partial charge in [-0.1, -0.05) is 0 Å². The van der Waals surface area contributed by atoms with Crippen molar-refractivity contribution in [2.24, 2.45) is 13.5 Å². The van der Waals surface area contributed by atoms with Crippen LogP contribution in [0, 0.1) is 20.2 Å². The number of rotatable bonds is 2. The van der Waals surface area contributed by atoms with E-state index in [9.17, 15) is 37.0 Å². The summed E-state index contributed by atoms with van der Waals surface area (Å²) in [6.07, 6.45) is 0. The van der Waals surface area contributed by atoms with Crippen LogP contribution in [0.3, 0.4) is 0 Å². The van der Waals surface area contributed by atoms with Crippen molar-refractivity contribution < 1.29 is 26.9 Å². The second-order valence-corrected chi connectivity index (χ2v) is 9.35. The van der Waals surface area contributed by atoms with E-state index in [-0.39, 0.29) is 9.56 Å². The van der Waals surface area contributed by atoms with E-state index in [1.165, 1.54) is 0 Å². The van der Waals surface area contributed by atoms with Crippen LogP contribution in [0.4, 0.5) is 16.8 Å². The third-order valence-corrected chi connectivity index (χ3v) is 9.46. The second kappa shape index (κ2) is 4.40. The summed E-state index contributed by atoms with van der Waals surface area (Å²) in [5.41, 5.74) is 0. The molecule has 2 aliphatic rings. The molecule has 0 atom stereocenters. The Balaban J connectivity index is 2.80. The Morgan fingerprint density at radius 3 is 1.60 bits per heavy atom. The third-order valence-electron chi connectivity index (χ3n) is 2.17. The van der Waals surface area contributed by atoms with E-state index in [0.29, 0.717) is 0 Å². The number of nitro groups is 2. The van der Waals surface area contributed by atoms with Crippen LogP contribution in [0.2, 0.25) is 0 Å². The highest BCUT2D eigenvalue weighted by molar-refractivity contribution is 7.79. The first kappa shape index (κ1) is 15.2. The molecule has 0 amide bonds. The fourth-order valence-electron chi connectivity index (χ4n) is 1.58. The summed E-state index contributed by atoms with van der Waals surface area (Å²) in [5, 5.41) is 19.0. The molecule has 2 rings (SSSR count). The zero-order valence-electron chi connectivity index (χ0n) is 9.03. The summed E-state index contributed by atoms with van der Waals surface area (Å²) >= 11 is 0. The number of nitrogens with zero attached hydrogens (tertiary/aromatic N) is 7. The zero-order chi connectivity index (χ0) is 15.3. The van der Waals surface area contributed by atoms with Gasteiger partial charge in [0.2, 0.25) is 0 Å². The lowest BCUT2D eigenvalue weighted by molar-refractivity contribution is -0.626. The summed E-state index contributed by atoms with van der Waals surface area (Å²) in [4.78, 5) is 21.5. The van der Waals surface area contributed by atoms with Gasteiger partial charge in [0.05, 0.1) is 0 Å². The molecule has 114 valence electrons. The SMILES string of the molecule is O=[N+]([O-])N1CCN([N+](=O)[O-])P12=NP(F)(F)=NP(F)(F)=N2. The highest BCUT2D eigenvalue weighted by Crippen LogP contribution is 2.83. The van der Waals surface area contributed by atoms with Gasteiger partial charge in [0, 0.05) is 0 Å². The lowest BCUT2D eigenvalue weighted by Gasteiger charge is -2.23. The normalized spacial score (nSPS) is 25.6. The van der Waals surface area contributed by atoms with Crippen LogP contribution in [0.25, 0.3) is 0 Å². The average molecular weight is 359 g/mol. The van der Waals surface area contributed by atoms with Crippen molar-refractivity contribution in [2.75, 3.05) is 13.1 Å². The highest BCUT2D eigenvalue weighted by atomic mass is 31.3. The molecule has 0 aromatic heterocycles. The van der Waals surface area contributed by atoms with Gasteiger partial charge >= 0.3 is 23.2 Å². The van der Waals surface area contributed by atoms with Crippen LogP contribution in [0.15, 0.2) is 13.5 Å². The Morgan fingerprint density at radius 1 is 0.850 bits per heavy atom. The van der Waals surface area contributed by atoms with Crippen molar-refractivity contribution in [3.63, 3.8) is 0 Å². The van der Waals surface area contributed by atoms with Crippen molar-refractivity contribution in [2.45, 2.75) is 0 Å². The first-order valence-corrected chi connectivity index (χ1v) is 9.09. The molecule has 20 heavy (non-hydrogen) atoms. The maximum Gasteiger partial charge on any atom is 0.424 e. The average Bonchev–Trinajstić information content (AvgIpc) is 2.50. The summed E-state index contributed by atoms with van der Waals surface area (Å²) in [5.74, 6) is 0. The van der Waals surface area contributed by atoms with Gasteiger partial charge in [0.1, 0.15) is 13.1 Å². The van der Waals surface area contributed by atoms with Crippen molar-refractivity contribution in [3.05, 3.63) is 20.2 Å². The lowest BCUT2D eigenvalue weighted by Crippen LogP contribution is -2.26. The molecular weight excluding hydrogens is 355 g/mol. The Hall–Kier alpha value is -1.19. The van der Waals surface area contributed by atoms with Gasteiger partial charge < -0.3 is 0 Å². The van der Waals surface area contributed by atoms with Crippen LogP contribution < -0.4 is 0 Å². The Labute approximate surface area is 107 Å². The van der Waals surface area contributed by atoms with E-state index < -0.39 is 46.3 Å². The number of hydrogen-bond donors (Lipinski definition) is 0. The molecule has 1 spiro atoms. The zero-order valence-corrected chi connectivity index (χ0v) is 11.7. The Morgan fingerprint density at radius 2 is 1.25 bits per heavy atom. The Bertz CT molecular complexity index is 617. The molecule has 0 aromatic rings. The van der Waals surface area contributed by atoms with Crippen LogP contribution in [-0.2, 0) is 0 Å². The molecule has 0 aliphatic carbocycles. The van der Waals surface area contributed by atoms with E-state index in [0.717, 1.165) is 0 Å². The van der Waals surface area contributed by atoms with Gasteiger partial charge in [-0.2, -0.15) is 0 Å². The summed E-state index contributed by atoms with van der Waals surface area (Å²) in [7, 11) is -16.6. The van der Waals surface area contributed by atoms with Gasteiger partial charge in [0.25, 0.3) is 0 Å². The molecule has 2 heterocycles. The van der Waals surface area contributed by atoms with Crippen LogP contribution in [0.1, 0.15) is 0 Å². The van der Waals surface area contributed by atoms with E-state index in [1.807, 2.05) is 4.52 Å². The van der Waals surface area contributed by atoms with E-state index in [2.05, 4.69) is 9.03 Å². The number of hydrogen-bond acceptors (Lipinski definition) is 7. The molecule has 0 bridgehead atoms. The largest absolute Gasteiger partial charge is 0.424 e. The smallest absolute Gasteiger partial charge is 0.234 e. The summed E-state index contributed by atoms with van der Waals surface area (Å²) in [6, 6.07) is 0. The standard InChI is InChI=1S/C2H4F4N7O4P3/c3-18(4)7-19(5,6)9-20(8-18)10(12(14)15)1-2-11(20)13(16)17/h1-2H2. The second-order valence-electron chi connectivity index (χ2n) is 3.38. The van der Waals surface area contributed by atoms with E-state index in [1.54, 1.807) is 0 Å². The molecular formula is C2H4F4N7O4P3. The van der Waals surface area contributed by atoms with Gasteiger partial charge in [-0.3, -0.25) is 0 Å². The van der Waals surface area contributed by atoms with Crippen molar-refractivity contribution in [1.82, 2.24) is 9.56 Å². The lowest BCUT2D eigenvalue weighted by atomic mass is 10.7. The van der Waals surface area contributed by atoms with Gasteiger partial charge in [0.15, 0.2) is 10.1 Å². The molecule has 0 radical (unpaired) electrons. The van der Waals surface area contributed by atoms with Crippen LogP contribution in [0.5, 0.6) is 0 Å². The minimum Gasteiger partial charge on any atom is -0.234 e. The van der Waals surface area contributed by atoms with Crippen molar-refractivity contribution in [1.29, 1.82) is 0 Å². The molecule has 0 saturated carbocycles. The van der Waals surface area contributed by atoms with Crippen molar-refractivity contribution >= 4 is 23.2 Å². The van der Waals surface area contributed by atoms with Crippen LogP contribution >= 0.6 is 23.2 Å². The fourth-order valence-corrected chi connectivity index (χ4v) is 9.15. The van der Waals surface area contributed by atoms with Gasteiger partial charge in [-0.25, -0.2) is 20.2 Å². The fraction of sp³-hybridized carbons (Fsp3) is 1.00. The van der Waals surface area contributed by atoms with Crippen LogP contribution in [-0.4, -0.2) is 32.7 Å². The van der Waals surface area contributed by atoms with Crippen molar-refractivity contribution in [3.8, 4) is 0 Å². The highest BCUT2D eigenvalue weighted by Gasteiger charge is 2.59. The first-order valence-electron chi connectivity index (χ1n) is 4.54. The Kier molecular flexibility index (Phi) is 3.35. The quantitative estimate of drug-likeness (QED) is 0.320. The molecule has 18 heteroatoms. The first-order chi connectivity index (χ1) is 8.99. The maximum absolute atomic E-state index is 13.3. The minimum absolute atomic E-state index is 0.105. The monoisotopic (exact) mass is 359 g/mol. The van der Waals surface area contributed by atoms with E-state index in [4.69, 9.17) is 0 Å². The molecule has 1 fully saturated rings.